The molecule has 1 aromatic rings. The number of amides is 1. The summed E-state index contributed by atoms with van der Waals surface area (Å²) in [6.45, 7) is 1.33. The first-order valence-electron chi connectivity index (χ1n) is 5.98. The molecule has 1 aliphatic rings. The van der Waals surface area contributed by atoms with Crippen molar-refractivity contribution >= 4 is 49.4 Å². The minimum Gasteiger partial charge on any atom is -0.381 e. The highest BCUT2D eigenvalue weighted by molar-refractivity contribution is 9.10. The molecule has 3 nitrogen and oxygen atoms in total. The third-order valence-corrected chi connectivity index (χ3v) is 5.15. The highest BCUT2D eigenvalue weighted by Gasteiger charge is 2.33. The molecule has 0 unspecified atom stereocenters. The number of hydrogen-bond acceptors (Lipinski definition) is 2. The maximum atomic E-state index is 12.4. The summed E-state index contributed by atoms with van der Waals surface area (Å²) in [7, 11) is 0. The Balaban J connectivity index is 2.17. The Labute approximate surface area is 134 Å². The Kier molecular flexibility index (Phi) is 5.29. The summed E-state index contributed by atoms with van der Waals surface area (Å²) in [4.78, 5) is 12.4. The van der Waals surface area contributed by atoms with Crippen LogP contribution in [0.3, 0.4) is 0 Å². The zero-order valence-electron chi connectivity index (χ0n) is 10.2. The fourth-order valence-corrected chi connectivity index (χ4v) is 3.30. The van der Waals surface area contributed by atoms with Crippen molar-refractivity contribution in [2.75, 3.05) is 18.5 Å². The lowest BCUT2D eigenvalue weighted by molar-refractivity contribution is 0.0442. The number of hydrogen-bond donors (Lipinski definition) is 1. The summed E-state index contributed by atoms with van der Waals surface area (Å²) < 4.78 is 6.19. The average molecular weight is 412 g/mol. The van der Waals surface area contributed by atoms with Gasteiger partial charge in [-0.05, 0) is 31.0 Å². The first-order chi connectivity index (χ1) is 9.06. The van der Waals surface area contributed by atoms with E-state index in [9.17, 15) is 4.79 Å². The van der Waals surface area contributed by atoms with Gasteiger partial charge in [-0.15, -0.1) is 0 Å². The third kappa shape index (κ3) is 3.72. The zero-order valence-corrected chi connectivity index (χ0v) is 14.1. The molecule has 1 saturated heterocycles. The molecular formula is C13H14Br2ClNO2. The highest BCUT2D eigenvalue weighted by atomic mass is 79.9. The van der Waals surface area contributed by atoms with Gasteiger partial charge in [-0.1, -0.05) is 43.5 Å². The molecule has 1 heterocycles. The summed E-state index contributed by atoms with van der Waals surface area (Å²) >= 11 is 12.9. The number of alkyl halides is 1. The lowest BCUT2D eigenvalue weighted by atomic mass is 9.92. The van der Waals surface area contributed by atoms with Crippen molar-refractivity contribution < 1.29 is 9.53 Å². The molecule has 0 saturated carbocycles. The Morgan fingerprint density at radius 2 is 2.11 bits per heavy atom. The van der Waals surface area contributed by atoms with Crippen LogP contribution in [0.4, 0.5) is 0 Å². The fourth-order valence-electron chi connectivity index (χ4n) is 2.03. The van der Waals surface area contributed by atoms with Crippen molar-refractivity contribution in [3.8, 4) is 0 Å². The van der Waals surface area contributed by atoms with Gasteiger partial charge in [0.05, 0.1) is 16.1 Å². The first-order valence-corrected chi connectivity index (χ1v) is 8.27. The molecule has 0 aliphatic carbocycles. The van der Waals surface area contributed by atoms with Gasteiger partial charge < -0.3 is 10.1 Å². The van der Waals surface area contributed by atoms with Crippen LogP contribution in [-0.4, -0.2) is 30.0 Å². The number of benzene rings is 1. The van der Waals surface area contributed by atoms with E-state index >= 15 is 0 Å². The number of halogens is 3. The minimum absolute atomic E-state index is 0.146. The summed E-state index contributed by atoms with van der Waals surface area (Å²) in [5, 5.41) is 4.26. The minimum atomic E-state index is -0.249. The van der Waals surface area contributed by atoms with E-state index < -0.39 is 0 Å². The van der Waals surface area contributed by atoms with Gasteiger partial charge in [-0.25, -0.2) is 0 Å². The largest absolute Gasteiger partial charge is 0.381 e. The molecular weight excluding hydrogens is 397 g/mol. The quantitative estimate of drug-likeness (QED) is 0.769. The molecule has 19 heavy (non-hydrogen) atoms. The molecule has 1 amide bonds. The van der Waals surface area contributed by atoms with Gasteiger partial charge >= 0.3 is 0 Å². The van der Waals surface area contributed by atoms with Gasteiger partial charge in [0.1, 0.15) is 0 Å². The van der Waals surface area contributed by atoms with Crippen LogP contribution in [0, 0.1) is 0 Å². The predicted octanol–water partition coefficient (Wildman–Crippen LogP) is 3.78. The molecule has 1 N–H and O–H groups in total. The molecule has 6 heteroatoms. The number of carbonyl (C=O) groups excluding carboxylic acids is 1. The second kappa shape index (κ2) is 6.57. The summed E-state index contributed by atoms with van der Waals surface area (Å²) in [5.74, 6) is -0.146. The van der Waals surface area contributed by atoms with Crippen LogP contribution in [0.5, 0.6) is 0 Å². The Morgan fingerprint density at radius 1 is 1.42 bits per heavy atom. The third-order valence-electron chi connectivity index (χ3n) is 3.26. The summed E-state index contributed by atoms with van der Waals surface area (Å²) in [6.07, 6.45) is 1.60. The van der Waals surface area contributed by atoms with E-state index in [1.807, 2.05) is 6.07 Å². The maximum Gasteiger partial charge on any atom is 0.253 e. The van der Waals surface area contributed by atoms with Gasteiger partial charge in [0.15, 0.2) is 0 Å². The molecule has 104 valence electrons. The van der Waals surface area contributed by atoms with E-state index in [2.05, 4.69) is 37.2 Å². The van der Waals surface area contributed by atoms with Gasteiger partial charge in [0, 0.05) is 23.0 Å². The van der Waals surface area contributed by atoms with Crippen molar-refractivity contribution in [1.82, 2.24) is 5.32 Å². The van der Waals surface area contributed by atoms with Gasteiger partial charge in [-0.3, -0.25) is 4.79 Å². The van der Waals surface area contributed by atoms with E-state index in [4.69, 9.17) is 16.3 Å². The molecule has 0 radical (unpaired) electrons. The van der Waals surface area contributed by atoms with Crippen LogP contribution in [0.25, 0.3) is 0 Å². The normalized spacial score (nSPS) is 18.1. The van der Waals surface area contributed by atoms with E-state index in [1.165, 1.54) is 0 Å². The second-order valence-electron chi connectivity index (χ2n) is 4.60. The number of rotatable bonds is 3. The topological polar surface area (TPSA) is 38.3 Å². The van der Waals surface area contributed by atoms with Crippen LogP contribution < -0.4 is 5.32 Å². The number of carbonyl (C=O) groups is 1. The Hall–Kier alpha value is -0.100. The van der Waals surface area contributed by atoms with Crippen molar-refractivity contribution in [1.29, 1.82) is 0 Å². The monoisotopic (exact) mass is 409 g/mol. The summed E-state index contributed by atoms with van der Waals surface area (Å²) in [6, 6.07) is 5.26. The second-order valence-corrected chi connectivity index (χ2v) is 6.49. The molecule has 0 atom stereocenters. The lowest BCUT2D eigenvalue weighted by Gasteiger charge is -2.36. The Morgan fingerprint density at radius 3 is 2.74 bits per heavy atom. The SMILES string of the molecule is O=C(NC1(CBr)CCOCC1)c1cc(Br)ccc1Cl. The van der Waals surface area contributed by atoms with Crippen molar-refractivity contribution in [2.45, 2.75) is 18.4 Å². The molecule has 1 fully saturated rings. The van der Waals surface area contributed by atoms with Crippen LogP contribution in [0.15, 0.2) is 22.7 Å². The van der Waals surface area contributed by atoms with E-state index in [-0.39, 0.29) is 11.4 Å². The van der Waals surface area contributed by atoms with Crippen molar-refractivity contribution in [3.63, 3.8) is 0 Å². The fraction of sp³-hybridized carbons (Fsp3) is 0.462. The number of nitrogens with one attached hydrogen (secondary N) is 1. The zero-order chi connectivity index (χ0) is 13.9. The van der Waals surface area contributed by atoms with Crippen LogP contribution in [-0.2, 0) is 4.74 Å². The molecule has 0 spiro atoms. The Bertz CT molecular complexity index is 476. The van der Waals surface area contributed by atoms with Crippen LogP contribution in [0.2, 0.25) is 5.02 Å². The van der Waals surface area contributed by atoms with Gasteiger partial charge in [0.25, 0.3) is 5.91 Å². The average Bonchev–Trinajstić information content (AvgIpc) is 2.42. The molecule has 0 bridgehead atoms. The molecule has 1 aliphatic heterocycles. The standard InChI is InChI=1S/C13H14Br2ClNO2/c14-8-13(3-5-19-6-4-13)17-12(18)10-7-9(15)1-2-11(10)16/h1-2,7H,3-6,8H2,(H,17,18). The highest BCUT2D eigenvalue weighted by Crippen LogP contribution is 2.26. The molecule has 1 aromatic carbocycles. The molecule has 2 rings (SSSR count). The van der Waals surface area contributed by atoms with Crippen molar-refractivity contribution in [2.24, 2.45) is 0 Å². The smallest absolute Gasteiger partial charge is 0.253 e. The predicted molar refractivity (Wildman–Crippen MR) is 83.2 cm³/mol. The van der Waals surface area contributed by atoms with Crippen LogP contribution >= 0.6 is 43.5 Å². The first kappa shape index (κ1) is 15.3. The van der Waals surface area contributed by atoms with Gasteiger partial charge in [0.2, 0.25) is 0 Å². The van der Waals surface area contributed by atoms with E-state index in [0.29, 0.717) is 29.1 Å². The van der Waals surface area contributed by atoms with E-state index in [0.717, 1.165) is 17.3 Å². The number of ether oxygens (including phenoxy) is 1. The van der Waals surface area contributed by atoms with Crippen molar-refractivity contribution in [3.05, 3.63) is 33.3 Å². The van der Waals surface area contributed by atoms with Crippen LogP contribution in [0.1, 0.15) is 23.2 Å². The van der Waals surface area contributed by atoms with Gasteiger partial charge in [-0.2, -0.15) is 0 Å². The molecule has 0 aromatic heterocycles. The lowest BCUT2D eigenvalue weighted by Crippen LogP contribution is -2.53. The maximum absolute atomic E-state index is 12.4. The summed E-state index contributed by atoms with van der Waals surface area (Å²) in [5.41, 5.74) is 0.240. The van der Waals surface area contributed by atoms with E-state index in [1.54, 1.807) is 12.1 Å².